The van der Waals surface area contributed by atoms with Crippen LogP contribution in [0.1, 0.15) is 35.0 Å². The van der Waals surface area contributed by atoms with E-state index < -0.39 is 23.6 Å². The number of nitrogens with zero attached hydrogens (tertiary/aromatic N) is 2. The number of aromatic nitrogens is 3. The summed E-state index contributed by atoms with van der Waals surface area (Å²) < 4.78 is 27.1. The summed E-state index contributed by atoms with van der Waals surface area (Å²) in [5.74, 6) is -1.60. The number of rotatable bonds is 3. The number of benzene rings is 1. The van der Waals surface area contributed by atoms with Crippen molar-refractivity contribution >= 4 is 5.91 Å². The summed E-state index contributed by atoms with van der Waals surface area (Å²) in [6.07, 6.45) is 0. The highest BCUT2D eigenvalue weighted by Gasteiger charge is 2.20. The van der Waals surface area contributed by atoms with Crippen molar-refractivity contribution in [2.24, 2.45) is 0 Å². The smallest absolute Gasteiger partial charge is 0.291 e. The van der Waals surface area contributed by atoms with Crippen LogP contribution in [0, 0.1) is 18.6 Å². The molecule has 7 heteroatoms. The van der Waals surface area contributed by atoms with Crippen molar-refractivity contribution in [3.63, 3.8) is 0 Å². The zero-order chi connectivity index (χ0) is 14.0. The van der Waals surface area contributed by atoms with E-state index in [1.54, 1.807) is 6.92 Å². The molecular formula is C12H12F2N4O. The molecule has 0 bridgehead atoms. The van der Waals surface area contributed by atoms with Gasteiger partial charge in [-0.25, -0.2) is 13.8 Å². The summed E-state index contributed by atoms with van der Waals surface area (Å²) in [5, 5.41) is 8.63. The summed E-state index contributed by atoms with van der Waals surface area (Å²) >= 11 is 0. The van der Waals surface area contributed by atoms with Gasteiger partial charge in [0.25, 0.3) is 5.91 Å². The highest BCUT2D eigenvalue weighted by molar-refractivity contribution is 5.90. The Bertz CT molecular complexity index is 591. The Hall–Kier alpha value is -2.31. The summed E-state index contributed by atoms with van der Waals surface area (Å²) in [6.45, 7) is 3.13. The minimum absolute atomic E-state index is 0.0684. The molecule has 1 atom stereocenters. The first kappa shape index (κ1) is 13.1. The molecule has 1 aromatic carbocycles. The molecule has 0 fully saturated rings. The molecule has 0 saturated carbocycles. The number of aryl methyl sites for hydroxylation is 1. The molecular weight excluding hydrogens is 254 g/mol. The molecule has 0 radical (unpaired) electrons. The van der Waals surface area contributed by atoms with Gasteiger partial charge in [0.1, 0.15) is 17.5 Å². The average molecular weight is 266 g/mol. The van der Waals surface area contributed by atoms with Crippen molar-refractivity contribution in [3.8, 4) is 0 Å². The SMILES string of the molecule is Cc1nc(C(=O)NC(C)c2c(F)cccc2F)n[nH]1. The summed E-state index contributed by atoms with van der Waals surface area (Å²) in [7, 11) is 0. The monoisotopic (exact) mass is 266 g/mol. The molecule has 2 rings (SSSR count). The summed E-state index contributed by atoms with van der Waals surface area (Å²) in [5.41, 5.74) is -0.192. The zero-order valence-electron chi connectivity index (χ0n) is 10.4. The second kappa shape index (κ2) is 5.13. The van der Waals surface area contributed by atoms with E-state index in [-0.39, 0.29) is 11.4 Å². The fourth-order valence-corrected chi connectivity index (χ4v) is 1.70. The molecule has 100 valence electrons. The van der Waals surface area contributed by atoms with Crippen LogP contribution in [0.25, 0.3) is 0 Å². The molecule has 5 nitrogen and oxygen atoms in total. The number of hydrogen-bond donors (Lipinski definition) is 2. The fraction of sp³-hybridized carbons (Fsp3) is 0.250. The molecule has 0 saturated heterocycles. The van der Waals surface area contributed by atoms with E-state index in [0.717, 1.165) is 12.1 Å². The largest absolute Gasteiger partial charge is 0.343 e. The zero-order valence-corrected chi connectivity index (χ0v) is 10.4. The lowest BCUT2D eigenvalue weighted by Crippen LogP contribution is -2.28. The standard InChI is InChI=1S/C12H12F2N4O/c1-6(10-8(13)4-3-5-9(10)14)15-12(19)11-16-7(2)17-18-11/h3-6H,1-2H3,(H,15,19)(H,16,17,18). The lowest BCUT2D eigenvalue weighted by Gasteiger charge is -2.14. The molecule has 1 unspecified atom stereocenters. The van der Waals surface area contributed by atoms with Crippen LogP contribution in [0.15, 0.2) is 18.2 Å². The molecule has 2 N–H and O–H groups in total. The van der Waals surface area contributed by atoms with Gasteiger partial charge in [-0.1, -0.05) is 6.07 Å². The predicted molar refractivity (Wildman–Crippen MR) is 63.4 cm³/mol. The molecule has 1 heterocycles. The Kier molecular flexibility index (Phi) is 3.55. The number of aromatic amines is 1. The van der Waals surface area contributed by atoms with E-state index in [2.05, 4.69) is 20.5 Å². The Morgan fingerprint density at radius 2 is 2.00 bits per heavy atom. The van der Waals surface area contributed by atoms with Crippen LogP contribution < -0.4 is 5.32 Å². The first-order chi connectivity index (χ1) is 8.99. The number of carbonyl (C=O) groups is 1. The Morgan fingerprint density at radius 3 is 2.53 bits per heavy atom. The average Bonchev–Trinajstić information content (AvgIpc) is 2.75. The normalized spacial score (nSPS) is 12.2. The Balaban J connectivity index is 2.17. The Labute approximate surface area is 108 Å². The van der Waals surface area contributed by atoms with E-state index >= 15 is 0 Å². The third kappa shape index (κ3) is 2.75. The van der Waals surface area contributed by atoms with E-state index in [4.69, 9.17) is 0 Å². The maximum Gasteiger partial charge on any atom is 0.291 e. The molecule has 0 aliphatic carbocycles. The van der Waals surface area contributed by atoms with Crippen LogP contribution in [0.3, 0.4) is 0 Å². The number of carbonyl (C=O) groups excluding carboxylic acids is 1. The topological polar surface area (TPSA) is 70.7 Å². The van der Waals surface area contributed by atoms with Gasteiger partial charge < -0.3 is 5.32 Å². The highest BCUT2D eigenvalue weighted by atomic mass is 19.1. The van der Waals surface area contributed by atoms with Crippen LogP contribution in [0.4, 0.5) is 8.78 Å². The molecule has 0 aliphatic heterocycles. The van der Waals surface area contributed by atoms with Gasteiger partial charge in [0, 0.05) is 5.56 Å². The third-order valence-corrected chi connectivity index (χ3v) is 2.58. The third-order valence-electron chi connectivity index (χ3n) is 2.58. The minimum Gasteiger partial charge on any atom is -0.343 e. The molecule has 0 aliphatic rings. The van der Waals surface area contributed by atoms with Gasteiger partial charge in [-0.2, -0.15) is 0 Å². The van der Waals surface area contributed by atoms with E-state index in [9.17, 15) is 13.6 Å². The fourth-order valence-electron chi connectivity index (χ4n) is 1.70. The lowest BCUT2D eigenvalue weighted by atomic mass is 10.1. The van der Waals surface area contributed by atoms with Crippen LogP contribution in [-0.2, 0) is 0 Å². The van der Waals surface area contributed by atoms with Crippen molar-refractivity contribution < 1.29 is 13.6 Å². The Morgan fingerprint density at radius 1 is 1.37 bits per heavy atom. The molecule has 0 spiro atoms. The summed E-state index contributed by atoms with van der Waals surface area (Å²) in [4.78, 5) is 15.6. The van der Waals surface area contributed by atoms with E-state index in [1.807, 2.05) is 0 Å². The van der Waals surface area contributed by atoms with Crippen molar-refractivity contribution in [3.05, 3.63) is 47.0 Å². The minimum atomic E-state index is -0.826. The summed E-state index contributed by atoms with van der Waals surface area (Å²) in [6, 6.07) is 2.71. The van der Waals surface area contributed by atoms with Crippen molar-refractivity contribution in [1.29, 1.82) is 0 Å². The second-order valence-electron chi connectivity index (χ2n) is 4.07. The van der Waals surface area contributed by atoms with Crippen LogP contribution in [0.5, 0.6) is 0 Å². The first-order valence-electron chi connectivity index (χ1n) is 5.63. The van der Waals surface area contributed by atoms with Crippen LogP contribution in [-0.4, -0.2) is 21.1 Å². The van der Waals surface area contributed by atoms with Gasteiger partial charge in [0.2, 0.25) is 5.82 Å². The second-order valence-corrected chi connectivity index (χ2v) is 4.07. The first-order valence-corrected chi connectivity index (χ1v) is 5.63. The molecule has 19 heavy (non-hydrogen) atoms. The highest BCUT2D eigenvalue weighted by Crippen LogP contribution is 2.20. The van der Waals surface area contributed by atoms with Crippen LogP contribution >= 0.6 is 0 Å². The number of amides is 1. The van der Waals surface area contributed by atoms with Gasteiger partial charge in [-0.05, 0) is 26.0 Å². The number of nitrogens with one attached hydrogen (secondary N) is 2. The number of halogens is 2. The van der Waals surface area contributed by atoms with Crippen LogP contribution in [0.2, 0.25) is 0 Å². The van der Waals surface area contributed by atoms with Gasteiger partial charge in [0.05, 0.1) is 6.04 Å². The van der Waals surface area contributed by atoms with Crippen molar-refractivity contribution in [2.45, 2.75) is 19.9 Å². The molecule has 1 aromatic heterocycles. The van der Waals surface area contributed by atoms with Gasteiger partial charge in [-0.15, -0.1) is 5.10 Å². The number of H-pyrrole nitrogens is 1. The van der Waals surface area contributed by atoms with Gasteiger partial charge in [0.15, 0.2) is 0 Å². The predicted octanol–water partition coefficient (Wildman–Crippen LogP) is 1.88. The maximum absolute atomic E-state index is 13.5. The van der Waals surface area contributed by atoms with E-state index in [1.165, 1.54) is 13.0 Å². The van der Waals surface area contributed by atoms with Crippen molar-refractivity contribution in [1.82, 2.24) is 20.5 Å². The number of hydrogen-bond acceptors (Lipinski definition) is 3. The lowest BCUT2D eigenvalue weighted by molar-refractivity contribution is 0.0928. The van der Waals surface area contributed by atoms with Gasteiger partial charge in [-0.3, -0.25) is 9.89 Å². The van der Waals surface area contributed by atoms with E-state index in [0.29, 0.717) is 5.82 Å². The molecule has 2 aromatic rings. The van der Waals surface area contributed by atoms with Crippen molar-refractivity contribution in [2.75, 3.05) is 0 Å². The quantitative estimate of drug-likeness (QED) is 0.891. The van der Waals surface area contributed by atoms with Gasteiger partial charge >= 0.3 is 0 Å². The molecule has 1 amide bonds. The maximum atomic E-state index is 13.5.